The highest BCUT2D eigenvalue weighted by Crippen LogP contribution is 2.25. The molecule has 0 bridgehead atoms. The quantitative estimate of drug-likeness (QED) is 0.701. The summed E-state index contributed by atoms with van der Waals surface area (Å²) in [6.07, 6.45) is 6.06. The van der Waals surface area contributed by atoms with Crippen LogP contribution in [0.2, 0.25) is 0 Å². The molecule has 0 spiro atoms. The third-order valence-corrected chi connectivity index (χ3v) is 6.41. The third kappa shape index (κ3) is 5.53. The maximum Gasteiger partial charge on any atom is 0.253 e. The average molecular weight is 383 g/mol. The monoisotopic (exact) mass is 382 g/mol. The molecule has 26 heavy (non-hydrogen) atoms. The minimum Gasteiger partial charge on any atom is -0.383 e. The van der Waals surface area contributed by atoms with Gasteiger partial charge < -0.3 is 9.64 Å². The molecule has 2 rings (SSSR count). The number of sulfonamides is 1. The molecule has 0 unspecified atom stereocenters. The van der Waals surface area contributed by atoms with Gasteiger partial charge in [-0.2, -0.15) is 0 Å². The van der Waals surface area contributed by atoms with Crippen LogP contribution in [0.4, 0.5) is 0 Å². The summed E-state index contributed by atoms with van der Waals surface area (Å²) in [5.41, 5.74) is 1.22. The van der Waals surface area contributed by atoms with Crippen LogP contribution in [0.15, 0.2) is 23.1 Å². The number of hydrogen-bond donors (Lipinski definition) is 1. The maximum absolute atomic E-state index is 12.9. The van der Waals surface area contributed by atoms with E-state index in [1.165, 1.54) is 38.5 Å². The molecule has 1 aliphatic rings. The first-order valence-corrected chi connectivity index (χ1v) is 10.7. The number of aryl methyl sites for hydroxylation is 1. The first kappa shape index (κ1) is 20.9. The van der Waals surface area contributed by atoms with Crippen LogP contribution in [0, 0.1) is 12.8 Å². The van der Waals surface area contributed by atoms with Crippen molar-refractivity contribution < 1.29 is 17.9 Å². The van der Waals surface area contributed by atoms with Crippen LogP contribution in [0.1, 0.15) is 48.0 Å². The van der Waals surface area contributed by atoms with E-state index in [2.05, 4.69) is 4.72 Å². The van der Waals surface area contributed by atoms with E-state index in [4.69, 9.17) is 4.74 Å². The molecule has 0 radical (unpaired) electrons. The molecule has 0 aliphatic heterocycles. The highest BCUT2D eigenvalue weighted by molar-refractivity contribution is 7.89. The van der Waals surface area contributed by atoms with E-state index in [-0.39, 0.29) is 17.3 Å². The number of nitrogens with zero attached hydrogens (tertiary/aromatic N) is 1. The number of carbonyl (C=O) groups is 1. The largest absolute Gasteiger partial charge is 0.383 e. The summed E-state index contributed by atoms with van der Waals surface area (Å²) in [5, 5.41) is 0. The molecule has 0 aromatic heterocycles. The Morgan fingerprint density at radius 2 is 1.96 bits per heavy atom. The number of amides is 1. The Balaban J connectivity index is 2.13. The van der Waals surface area contributed by atoms with Crippen molar-refractivity contribution in [3.8, 4) is 0 Å². The van der Waals surface area contributed by atoms with Crippen molar-refractivity contribution in [2.75, 3.05) is 33.9 Å². The maximum atomic E-state index is 12.9. The number of carbonyl (C=O) groups excluding carboxylic acids is 1. The molecular weight excluding hydrogens is 352 g/mol. The summed E-state index contributed by atoms with van der Waals surface area (Å²) < 4.78 is 32.1. The Labute approximate surface area is 157 Å². The second kappa shape index (κ2) is 9.48. The zero-order valence-electron chi connectivity index (χ0n) is 16.0. The normalized spacial score (nSPS) is 15.8. The Kier molecular flexibility index (Phi) is 7.61. The van der Waals surface area contributed by atoms with Crippen molar-refractivity contribution in [2.45, 2.75) is 43.9 Å². The SMILES string of the molecule is COCCNS(=O)(=O)c1ccc(C)c(C(=O)N(C)CC2CCCCC2)c1. The van der Waals surface area contributed by atoms with Gasteiger partial charge in [0.1, 0.15) is 0 Å². The van der Waals surface area contributed by atoms with Crippen molar-refractivity contribution in [3.05, 3.63) is 29.3 Å². The number of nitrogens with one attached hydrogen (secondary N) is 1. The molecule has 1 fully saturated rings. The van der Waals surface area contributed by atoms with Crippen LogP contribution >= 0.6 is 0 Å². The zero-order chi connectivity index (χ0) is 19.2. The Morgan fingerprint density at radius 1 is 1.27 bits per heavy atom. The van der Waals surface area contributed by atoms with E-state index in [0.29, 0.717) is 18.1 Å². The fourth-order valence-corrected chi connectivity index (χ4v) is 4.44. The fourth-order valence-electron chi connectivity index (χ4n) is 3.41. The van der Waals surface area contributed by atoms with Gasteiger partial charge >= 0.3 is 0 Å². The summed E-state index contributed by atoms with van der Waals surface area (Å²) in [5.74, 6) is 0.419. The van der Waals surface area contributed by atoms with Crippen LogP contribution in [0.25, 0.3) is 0 Å². The summed E-state index contributed by atoms with van der Waals surface area (Å²) in [6.45, 7) is 3.04. The lowest BCUT2D eigenvalue weighted by Crippen LogP contribution is -2.33. The van der Waals surface area contributed by atoms with Crippen molar-refractivity contribution in [1.29, 1.82) is 0 Å². The zero-order valence-corrected chi connectivity index (χ0v) is 16.8. The topological polar surface area (TPSA) is 75.7 Å². The summed E-state index contributed by atoms with van der Waals surface area (Å²) in [6, 6.07) is 4.69. The van der Waals surface area contributed by atoms with Gasteiger partial charge in [-0.3, -0.25) is 4.79 Å². The minimum absolute atomic E-state index is 0.105. The Bertz CT molecular complexity index is 712. The Morgan fingerprint density at radius 3 is 2.62 bits per heavy atom. The van der Waals surface area contributed by atoms with Gasteiger partial charge in [0.2, 0.25) is 10.0 Å². The predicted octanol–water partition coefficient (Wildman–Crippen LogP) is 2.57. The first-order valence-electron chi connectivity index (χ1n) is 9.20. The van der Waals surface area contributed by atoms with E-state index in [9.17, 15) is 13.2 Å². The predicted molar refractivity (Wildman–Crippen MR) is 102 cm³/mol. The van der Waals surface area contributed by atoms with E-state index in [1.807, 2.05) is 6.92 Å². The summed E-state index contributed by atoms with van der Waals surface area (Å²) >= 11 is 0. The molecule has 7 heteroatoms. The summed E-state index contributed by atoms with van der Waals surface area (Å²) in [4.78, 5) is 14.7. The van der Waals surface area contributed by atoms with Crippen molar-refractivity contribution in [2.24, 2.45) is 5.92 Å². The second-order valence-corrected chi connectivity index (χ2v) is 8.82. The molecule has 1 amide bonds. The lowest BCUT2D eigenvalue weighted by Gasteiger charge is -2.27. The molecule has 1 aliphatic carbocycles. The van der Waals surface area contributed by atoms with Gasteiger partial charge in [-0.15, -0.1) is 0 Å². The van der Waals surface area contributed by atoms with Crippen molar-refractivity contribution >= 4 is 15.9 Å². The number of hydrogen-bond acceptors (Lipinski definition) is 4. The molecule has 0 atom stereocenters. The Hall–Kier alpha value is -1.44. The molecule has 6 nitrogen and oxygen atoms in total. The molecule has 0 saturated heterocycles. The van der Waals surface area contributed by atoms with Gasteiger partial charge in [0.25, 0.3) is 5.91 Å². The lowest BCUT2D eigenvalue weighted by atomic mass is 9.89. The standard InChI is InChI=1S/C19H30N2O4S/c1-15-9-10-17(26(23,24)20-11-12-25-3)13-18(15)19(22)21(2)14-16-7-5-4-6-8-16/h9-10,13,16,20H,4-8,11-12,14H2,1-3H3. The van der Waals surface area contributed by atoms with E-state index < -0.39 is 10.0 Å². The van der Waals surface area contributed by atoms with Crippen LogP contribution < -0.4 is 4.72 Å². The fraction of sp³-hybridized carbons (Fsp3) is 0.632. The van der Waals surface area contributed by atoms with Gasteiger partial charge in [0.15, 0.2) is 0 Å². The van der Waals surface area contributed by atoms with E-state index >= 15 is 0 Å². The molecule has 146 valence electrons. The first-order chi connectivity index (χ1) is 12.3. The van der Waals surface area contributed by atoms with Gasteiger partial charge in [-0.25, -0.2) is 13.1 Å². The molecule has 1 saturated carbocycles. The second-order valence-electron chi connectivity index (χ2n) is 7.06. The highest BCUT2D eigenvalue weighted by atomic mass is 32.2. The number of ether oxygens (including phenoxy) is 1. The number of benzene rings is 1. The third-order valence-electron chi connectivity index (χ3n) is 4.95. The molecule has 1 aromatic carbocycles. The number of rotatable bonds is 8. The molecule has 1 N–H and O–H groups in total. The minimum atomic E-state index is -3.66. The van der Waals surface area contributed by atoms with Crippen molar-refractivity contribution in [1.82, 2.24) is 9.62 Å². The van der Waals surface area contributed by atoms with Crippen molar-refractivity contribution in [3.63, 3.8) is 0 Å². The molecule has 0 heterocycles. The molecule has 1 aromatic rings. The van der Waals surface area contributed by atoms with Crippen LogP contribution in [-0.2, 0) is 14.8 Å². The van der Waals surface area contributed by atoms with Crippen LogP contribution in [0.3, 0.4) is 0 Å². The average Bonchev–Trinajstić information content (AvgIpc) is 2.62. The highest BCUT2D eigenvalue weighted by Gasteiger charge is 2.22. The van der Waals surface area contributed by atoms with Gasteiger partial charge in [0, 0.05) is 32.8 Å². The number of methoxy groups -OCH3 is 1. The van der Waals surface area contributed by atoms with Crippen LogP contribution in [-0.4, -0.2) is 53.1 Å². The van der Waals surface area contributed by atoms with E-state index in [0.717, 1.165) is 24.9 Å². The van der Waals surface area contributed by atoms with E-state index in [1.54, 1.807) is 18.0 Å². The van der Waals surface area contributed by atoms with Gasteiger partial charge in [-0.05, 0) is 43.4 Å². The van der Waals surface area contributed by atoms with Gasteiger partial charge in [-0.1, -0.05) is 25.3 Å². The lowest BCUT2D eigenvalue weighted by molar-refractivity contribution is 0.0759. The smallest absolute Gasteiger partial charge is 0.253 e. The van der Waals surface area contributed by atoms with Gasteiger partial charge in [0.05, 0.1) is 11.5 Å². The molecular formula is C19H30N2O4S. The summed E-state index contributed by atoms with van der Waals surface area (Å²) in [7, 11) is -0.346. The van der Waals surface area contributed by atoms with Crippen LogP contribution in [0.5, 0.6) is 0 Å².